The maximum atomic E-state index is 5.94. The van der Waals surface area contributed by atoms with Gasteiger partial charge >= 0.3 is 0 Å². The first kappa shape index (κ1) is 11.3. The predicted octanol–water partition coefficient (Wildman–Crippen LogP) is 3.20. The van der Waals surface area contributed by atoms with Crippen LogP contribution in [0.1, 0.15) is 32.3 Å². The molecule has 1 aromatic carbocycles. The molecule has 16 heavy (non-hydrogen) atoms. The molecule has 1 fully saturated rings. The van der Waals surface area contributed by atoms with E-state index in [-0.39, 0.29) is 0 Å². The van der Waals surface area contributed by atoms with Crippen molar-refractivity contribution in [2.24, 2.45) is 5.41 Å². The molecule has 2 rings (SSSR count). The lowest BCUT2D eigenvalue weighted by Gasteiger charge is -2.51. The molecule has 88 valence electrons. The van der Waals surface area contributed by atoms with E-state index < -0.39 is 0 Å². The van der Waals surface area contributed by atoms with Crippen molar-refractivity contribution in [2.75, 3.05) is 23.7 Å². The summed E-state index contributed by atoms with van der Waals surface area (Å²) < 4.78 is 0. The van der Waals surface area contributed by atoms with Crippen LogP contribution in [-0.2, 0) is 0 Å². The summed E-state index contributed by atoms with van der Waals surface area (Å²) in [7, 11) is 0. The van der Waals surface area contributed by atoms with Gasteiger partial charge in [-0.25, -0.2) is 0 Å². The van der Waals surface area contributed by atoms with Gasteiger partial charge in [0.15, 0.2) is 0 Å². The maximum absolute atomic E-state index is 5.94. The quantitative estimate of drug-likeness (QED) is 0.789. The minimum Gasteiger partial charge on any atom is -0.398 e. The molecule has 2 heteroatoms. The number of anilines is 2. The van der Waals surface area contributed by atoms with Gasteiger partial charge in [-0.2, -0.15) is 0 Å². The second-order valence-electron chi connectivity index (χ2n) is 5.05. The summed E-state index contributed by atoms with van der Waals surface area (Å²) in [5.74, 6) is 0. The highest BCUT2D eigenvalue weighted by molar-refractivity contribution is 5.65. The Bertz CT molecular complexity index is 372. The highest BCUT2D eigenvalue weighted by Gasteiger charge is 2.40. The van der Waals surface area contributed by atoms with Crippen molar-refractivity contribution in [3.8, 4) is 0 Å². The van der Waals surface area contributed by atoms with Gasteiger partial charge < -0.3 is 10.6 Å². The van der Waals surface area contributed by atoms with E-state index in [0.29, 0.717) is 5.41 Å². The Labute approximate surface area is 98.4 Å². The van der Waals surface area contributed by atoms with E-state index >= 15 is 0 Å². The maximum Gasteiger partial charge on any atom is 0.0417 e. The molecule has 0 saturated carbocycles. The smallest absolute Gasteiger partial charge is 0.0417 e. The van der Waals surface area contributed by atoms with Gasteiger partial charge in [-0.3, -0.25) is 0 Å². The van der Waals surface area contributed by atoms with Crippen LogP contribution in [0.2, 0.25) is 0 Å². The predicted molar refractivity (Wildman–Crippen MR) is 70.8 cm³/mol. The van der Waals surface area contributed by atoms with Gasteiger partial charge in [-0.15, -0.1) is 0 Å². The monoisotopic (exact) mass is 218 g/mol. The van der Waals surface area contributed by atoms with E-state index in [1.165, 1.54) is 37.2 Å². The summed E-state index contributed by atoms with van der Waals surface area (Å²) in [6.07, 6.45) is 2.56. The fourth-order valence-electron chi connectivity index (χ4n) is 2.61. The molecule has 0 aromatic heterocycles. The van der Waals surface area contributed by atoms with Crippen molar-refractivity contribution in [3.05, 3.63) is 23.8 Å². The van der Waals surface area contributed by atoms with Gasteiger partial charge in [0.05, 0.1) is 0 Å². The summed E-state index contributed by atoms with van der Waals surface area (Å²) in [6, 6.07) is 6.21. The lowest BCUT2D eigenvalue weighted by atomic mass is 9.75. The molecule has 0 amide bonds. The van der Waals surface area contributed by atoms with Crippen molar-refractivity contribution in [1.82, 2.24) is 0 Å². The molecule has 0 radical (unpaired) electrons. The molecule has 1 heterocycles. The van der Waals surface area contributed by atoms with Crippen molar-refractivity contribution in [2.45, 2.75) is 33.6 Å². The lowest BCUT2D eigenvalue weighted by Crippen LogP contribution is -2.56. The largest absolute Gasteiger partial charge is 0.398 e. The molecule has 1 aromatic rings. The number of hydrogen-bond acceptors (Lipinski definition) is 2. The van der Waals surface area contributed by atoms with Crippen molar-refractivity contribution < 1.29 is 0 Å². The Morgan fingerprint density at radius 3 is 2.44 bits per heavy atom. The molecular formula is C14H22N2. The zero-order chi connectivity index (χ0) is 11.8. The fourth-order valence-corrected chi connectivity index (χ4v) is 2.61. The topological polar surface area (TPSA) is 29.3 Å². The van der Waals surface area contributed by atoms with Gasteiger partial charge in [0.2, 0.25) is 0 Å². The molecular weight excluding hydrogens is 196 g/mol. The van der Waals surface area contributed by atoms with E-state index in [9.17, 15) is 0 Å². The summed E-state index contributed by atoms with van der Waals surface area (Å²) in [4.78, 5) is 2.46. The van der Waals surface area contributed by atoms with Crippen molar-refractivity contribution in [1.29, 1.82) is 0 Å². The highest BCUT2D eigenvalue weighted by Crippen LogP contribution is 2.41. The van der Waals surface area contributed by atoms with Crippen LogP contribution in [0.25, 0.3) is 0 Å². The third-order valence-corrected chi connectivity index (χ3v) is 4.24. The van der Waals surface area contributed by atoms with Gasteiger partial charge in [0.25, 0.3) is 0 Å². The Morgan fingerprint density at radius 1 is 1.25 bits per heavy atom. The molecule has 0 aliphatic carbocycles. The normalized spacial score (nSPS) is 18.3. The van der Waals surface area contributed by atoms with Gasteiger partial charge in [-0.1, -0.05) is 19.9 Å². The summed E-state index contributed by atoms with van der Waals surface area (Å²) in [6.45, 7) is 9.08. The number of nitrogens with zero attached hydrogens (tertiary/aromatic N) is 1. The first-order chi connectivity index (χ1) is 7.62. The minimum absolute atomic E-state index is 0.553. The molecule has 1 saturated heterocycles. The minimum atomic E-state index is 0.553. The number of nitrogen functional groups attached to an aromatic ring is 1. The molecule has 2 N–H and O–H groups in total. The Morgan fingerprint density at radius 2 is 1.88 bits per heavy atom. The van der Waals surface area contributed by atoms with Crippen LogP contribution >= 0.6 is 0 Å². The zero-order valence-electron chi connectivity index (χ0n) is 10.6. The standard InChI is InChI=1S/C14H22N2/c1-4-14(5-2)9-16(10-14)13-8-6-7-12(15)11(13)3/h6-8H,4-5,9-10,15H2,1-3H3. The highest BCUT2D eigenvalue weighted by atomic mass is 15.2. The zero-order valence-corrected chi connectivity index (χ0v) is 10.6. The molecule has 0 unspecified atom stereocenters. The van der Waals surface area contributed by atoms with Crippen LogP contribution in [0.15, 0.2) is 18.2 Å². The van der Waals surface area contributed by atoms with Gasteiger partial charge in [0, 0.05) is 29.9 Å². The summed E-state index contributed by atoms with van der Waals surface area (Å²) in [5, 5.41) is 0. The number of benzene rings is 1. The van der Waals surface area contributed by atoms with E-state index in [0.717, 1.165) is 5.69 Å². The number of hydrogen-bond donors (Lipinski definition) is 1. The average Bonchev–Trinajstić information content (AvgIpc) is 2.24. The molecule has 1 aliphatic heterocycles. The van der Waals surface area contributed by atoms with Crippen molar-refractivity contribution in [3.63, 3.8) is 0 Å². The van der Waals surface area contributed by atoms with Crippen LogP contribution in [0.3, 0.4) is 0 Å². The Hall–Kier alpha value is -1.18. The van der Waals surface area contributed by atoms with E-state index in [1.54, 1.807) is 0 Å². The van der Waals surface area contributed by atoms with Crippen LogP contribution in [0, 0.1) is 12.3 Å². The number of nitrogens with two attached hydrogens (primary N) is 1. The van der Waals surface area contributed by atoms with Crippen LogP contribution in [0.4, 0.5) is 11.4 Å². The third-order valence-electron chi connectivity index (χ3n) is 4.24. The lowest BCUT2D eigenvalue weighted by molar-refractivity contribution is 0.194. The van der Waals surface area contributed by atoms with Crippen LogP contribution in [0.5, 0.6) is 0 Å². The fraction of sp³-hybridized carbons (Fsp3) is 0.571. The third kappa shape index (κ3) is 1.66. The molecule has 0 spiro atoms. The van der Waals surface area contributed by atoms with Crippen LogP contribution < -0.4 is 10.6 Å². The SMILES string of the molecule is CCC1(CC)CN(c2cccc(N)c2C)C1. The molecule has 0 atom stereocenters. The van der Waals surface area contributed by atoms with Gasteiger partial charge in [-0.05, 0) is 37.5 Å². The molecule has 0 bridgehead atoms. The molecule has 2 nitrogen and oxygen atoms in total. The van der Waals surface area contributed by atoms with E-state index in [4.69, 9.17) is 5.73 Å². The van der Waals surface area contributed by atoms with E-state index in [2.05, 4.69) is 37.8 Å². The first-order valence-electron chi connectivity index (χ1n) is 6.22. The number of rotatable bonds is 3. The average molecular weight is 218 g/mol. The van der Waals surface area contributed by atoms with E-state index in [1.807, 2.05) is 6.07 Å². The second kappa shape index (κ2) is 4.00. The Balaban J connectivity index is 2.15. The van der Waals surface area contributed by atoms with Crippen LogP contribution in [-0.4, -0.2) is 13.1 Å². The Kier molecular flexibility index (Phi) is 2.83. The summed E-state index contributed by atoms with van der Waals surface area (Å²) in [5.41, 5.74) is 9.94. The second-order valence-corrected chi connectivity index (χ2v) is 5.05. The van der Waals surface area contributed by atoms with Gasteiger partial charge in [0.1, 0.15) is 0 Å². The molecule has 1 aliphatic rings. The first-order valence-corrected chi connectivity index (χ1v) is 6.22. The van der Waals surface area contributed by atoms with Crippen molar-refractivity contribution >= 4 is 11.4 Å². The summed E-state index contributed by atoms with van der Waals surface area (Å²) >= 11 is 0.